The Morgan fingerprint density at radius 2 is 2.07 bits per heavy atom. The molecule has 2 rings (SSSR count). The van der Waals surface area contributed by atoms with Gasteiger partial charge in [0.25, 0.3) is 0 Å². The molecule has 1 aromatic carbocycles. The van der Waals surface area contributed by atoms with Crippen LogP contribution in [0.25, 0.3) is 11.3 Å². The molecule has 0 aliphatic heterocycles. The van der Waals surface area contributed by atoms with Gasteiger partial charge in [-0.15, -0.1) is 0 Å². The standard InChI is InChI=1S/C11H12FN3/c1-7-3-4-8(12)5-9(7)10-6-11(13)15(2)14-10/h3-6H,13H2,1-2H3. The number of halogens is 1. The zero-order chi connectivity index (χ0) is 11.0. The molecule has 15 heavy (non-hydrogen) atoms. The van der Waals surface area contributed by atoms with Crippen LogP contribution in [0.5, 0.6) is 0 Å². The molecule has 0 fully saturated rings. The highest BCUT2D eigenvalue weighted by Gasteiger charge is 2.08. The number of rotatable bonds is 1. The van der Waals surface area contributed by atoms with Crippen LogP contribution in [0.15, 0.2) is 24.3 Å². The molecular formula is C11H12FN3. The van der Waals surface area contributed by atoms with Gasteiger partial charge in [0.1, 0.15) is 11.6 Å². The van der Waals surface area contributed by atoms with Crippen molar-refractivity contribution in [3.63, 3.8) is 0 Å². The van der Waals surface area contributed by atoms with E-state index < -0.39 is 0 Å². The fourth-order valence-electron chi connectivity index (χ4n) is 1.48. The largest absolute Gasteiger partial charge is 0.384 e. The molecule has 0 amide bonds. The first-order valence-corrected chi connectivity index (χ1v) is 4.64. The van der Waals surface area contributed by atoms with E-state index in [0.717, 1.165) is 11.1 Å². The summed E-state index contributed by atoms with van der Waals surface area (Å²) in [6.07, 6.45) is 0. The summed E-state index contributed by atoms with van der Waals surface area (Å²) in [5.74, 6) is 0.300. The van der Waals surface area contributed by atoms with Crippen LogP contribution in [-0.2, 0) is 7.05 Å². The number of nitrogen functional groups attached to an aromatic ring is 1. The number of anilines is 1. The Hall–Kier alpha value is -1.84. The van der Waals surface area contributed by atoms with Crippen molar-refractivity contribution in [3.05, 3.63) is 35.6 Å². The summed E-state index contributed by atoms with van der Waals surface area (Å²) in [4.78, 5) is 0. The van der Waals surface area contributed by atoms with Gasteiger partial charge < -0.3 is 5.73 Å². The Bertz CT molecular complexity index is 483. The lowest BCUT2D eigenvalue weighted by Gasteiger charge is -2.01. The second kappa shape index (κ2) is 3.38. The number of benzene rings is 1. The predicted molar refractivity (Wildman–Crippen MR) is 57.8 cm³/mol. The minimum Gasteiger partial charge on any atom is -0.384 e. The molecule has 4 heteroatoms. The van der Waals surface area contributed by atoms with E-state index in [1.807, 2.05) is 6.92 Å². The quantitative estimate of drug-likeness (QED) is 0.774. The maximum Gasteiger partial charge on any atom is 0.123 e. The van der Waals surface area contributed by atoms with Crippen molar-refractivity contribution in [3.8, 4) is 11.3 Å². The number of aromatic nitrogens is 2. The molecule has 0 atom stereocenters. The van der Waals surface area contributed by atoms with E-state index in [9.17, 15) is 4.39 Å². The Labute approximate surface area is 87.3 Å². The first-order chi connectivity index (χ1) is 7.08. The van der Waals surface area contributed by atoms with Crippen LogP contribution in [0.1, 0.15) is 5.56 Å². The van der Waals surface area contributed by atoms with Gasteiger partial charge in [0, 0.05) is 18.7 Å². The fraction of sp³-hybridized carbons (Fsp3) is 0.182. The molecule has 0 aliphatic rings. The summed E-state index contributed by atoms with van der Waals surface area (Å²) >= 11 is 0. The van der Waals surface area contributed by atoms with Gasteiger partial charge in [-0.05, 0) is 24.6 Å². The molecule has 0 unspecified atom stereocenters. The van der Waals surface area contributed by atoms with Crippen molar-refractivity contribution in [1.29, 1.82) is 0 Å². The molecule has 2 N–H and O–H groups in total. The Kier molecular flexibility index (Phi) is 2.19. The lowest BCUT2D eigenvalue weighted by molar-refractivity contribution is 0.627. The van der Waals surface area contributed by atoms with Crippen molar-refractivity contribution >= 4 is 5.82 Å². The zero-order valence-electron chi connectivity index (χ0n) is 8.66. The summed E-state index contributed by atoms with van der Waals surface area (Å²) in [6.45, 7) is 1.92. The summed E-state index contributed by atoms with van der Waals surface area (Å²) in [6, 6.07) is 6.37. The summed E-state index contributed by atoms with van der Waals surface area (Å²) in [7, 11) is 1.76. The summed E-state index contributed by atoms with van der Waals surface area (Å²) < 4.78 is 14.6. The van der Waals surface area contributed by atoms with Crippen LogP contribution in [0.4, 0.5) is 10.2 Å². The molecular weight excluding hydrogens is 193 g/mol. The first-order valence-electron chi connectivity index (χ1n) is 4.64. The molecule has 2 aromatic rings. The number of hydrogen-bond donors (Lipinski definition) is 1. The van der Waals surface area contributed by atoms with Crippen LogP contribution in [-0.4, -0.2) is 9.78 Å². The number of nitrogens with zero attached hydrogens (tertiary/aromatic N) is 2. The van der Waals surface area contributed by atoms with E-state index >= 15 is 0 Å². The second-order valence-electron chi connectivity index (χ2n) is 3.54. The minimum absolute atomic E-state index is 0.264. The third-order valence-corrected chi connectivity index (χ3v) is 2.39. The average Bonchev–Trinajstić information content (AvgIpc) is 2.51. The molecule has 0 radical (unpaired) electrons. The molecule has 1 heterocycles. The molecule has 0 bridgehead atoms. The van der Waals surface area contributed by atoms with Gasteiger partial charge >= 0.3 is 0 Å². The third kappa shape index (κ3) is 1.70. The predicted octanol–water partition coefficient (Wildman–Crippen LogP) is 2.12. The molecule has 0 spiro atoms. The van der Waals surface area contributed by atoms with E-state index in [0.29, 0.717) is 11.5 Å². The number of aryl methyl sites for hydroxylation is 2. The lowest BCUT2D eigenvalue weighted by Crippen LogP contribution is -1.96. The maximum atomic E-state index is 13.1. The van der Waals surface area contributed by atoms with Crippen LogP contribution in [0, 0.1) is 12.7 Å². The van der Waals surface area contributed by atoms with Crippen molar-refractivity contribution in [2.45, 2.75) is 6.92 Å². The highest BCUT2D eigenvalue weighted by molar-refractivity contribution is 5.65. The lowest BCUT2D eigenvalue weighted by atomic mass is 10.1. The van der Waals surface area contributed by atoms with Gasteiger partial charge in [0.2, 0.25) is 0 Å². The van der Waals surface area contributed by atoms with E-state index in [-0.39, 0.29) is 5.82 Å². The number of nitrogens with two attached hydrogens (primary N) is 1. The first kappa shape index (κ1) is 9.71. The second-order valence-corrected chi connectivity index (χ2v) is 3.54. The molecule has 0 aliphatic carbocycles. The molecule has 0 saturated carbocycles. The van der Waals surface area contributed by atoms with E-state index in [1.54, 1.807) is 23.9 Å². The Morgan fingerprint density at radius 3 is 2.67 bits per heavy atom. The van der Waals surface area contributed by atoms with E-state index in [1.165, 1.54) is 12.1 Å². The van der Waals surface area contributed by atoms with Gasteiger partial charge in [-0.3, -0.25) is 4.68 Å². The van der Waals surface area contributed by atoms with Gasteiger partial charge in [-0.2, -0.15) is 5.10 Å². The monoisotopic (exact) mass is 205 g/mol. The summed E-state index contributed by atoms with van der Waals surface area (Å²) in [5.41, 5.74) is 8.13. The SMILES string of the molecule is Cc1ccc(F)cc1-c1cc(N)n(C)n1. The maximum absolute atomic E-state index is 13.1. The number of hydrogen-bond acceptors (Lipinski definition) is 2. The van der Waals surface area contributed by atoms with E-state index in [4.69, 9.17) is 5.73 Å². The Morgan fingerprint density at radius 1 is 1.33 bits per heavy atom. The van der Waals surface area contributed by atoms with Crippen LogP contribution < -0.4 is 5.73 Å². The van der Waals surface area contributed by atoms with Gasteiger partial charge in [-0.1, -0.05) is 6.07 Å². The van der Waals surface area contributed by atoms with Gasteiger partial charge in [-0.25, -0.2) is 4.39 Å². The van der Waals surface area contributed by atoms with Crippen molar-refractivity contribution in [1.82, 2.24) is 9.78 Å². The summed E-state index contributed by atoms with van der Waals surface area (Å²) in [5, 5.41) is 4.21. The van der Waals surface area contributed by atoms with Crippen LogP contribution in [0.2, 0.25) is 0 Å². The zero-order valence-corrected chi connectivity index (χ0v) is 8.66. The normalized spacial score (nSPS) is 10.6. The minimum atomic E-state index is -0.264. The van der Waals surface area contributed by atoms with Gasteiger partial charge in [0.15, 0.2) is 0 Å². The Balaban J connectivity index is 2.58. The highest BCUT2D eigenvalue weighted by Crippen LogP contribution is 2.24. The van der Waals surface area contributed by atoms with E-state index in [2.05, 4.69) is 5.10 Å². The molecule has 3 nitrogen and oxygen atoms in total. The molecule has 78 valence electrons. The van der Waals surface area contributed by atoms with Crippen molar-refractivity contribution < 1.29 is 4.39 Å². The fourth-order valence-corrected chi connectivity index (χ4v) is 1.48. The van der Waals surface area contributed by atoms with Crippen LogP contribution >= 0.6 is 0 Å². The van der Waals surface area contributed by atoms with Crippen molar-refractivity contribution in [2.75, 3.05) is 5.73 Å². The molecule has 0 saturated heterocycles. The average molecular weight is 205 g/mol. The molecule has 1 aromatic heterocycles. The smallest absolute Gasteiger partial charge is 0.123 e. The van der Waals surface area contributed by atoms with Gasteiger partial charge in [0.05, 0.1) is 5.69 Å². The third-order valence-electron chi connectivity index (χ3n) is 2.39. The highest BCUT2D eigenvalue weighted by atomic mass is 19.1. The van der Waals surface area contributed by atoms with Crippen molar-refractivity contribution in [2.24, 2.45) is 7.05 Å². The topological polar surface area (TPSA) is 43.8 Å². The van der Waals surface area contributed by atoms with Crippen LogP contribution in [0.3, 0.4) is 0 Å².